The second-order valence-electron chi connectivity index (χ2n) is 5.82. The van der Waals surface area contributed by atoms with Gasteiger partial charge in [-0.2, -0.15) is 0 Å². The van der Waals surface area contributed by atoms with Crippen molar-refractivity contribution in [1.82, 2.24) is 0 Å². The van der Waals surface area contributed by atoms with Crippen molar-refractivity contribution in [3.8, 4) is 0 Å². The summed E-state index contributed by atoms with van der Waals surface area (Å²) in [6.45, 7) is 15.9. The molecule has 0 saturated heterocycles. The largest absolute Gasteiger partial charge is 0.397 e. The first-order chi connectivity index (χ1) is 7.20. The zero-order valence-electron chi connectivity index (χ0n) is 12.5. The first kappa shape index (κ1) is 16.1. The van der Waals surface area contributed by atoms with Crippen molar-refractivity contribution in [2.45, 2.75) is 59.0 Å². The highest BCUT2D eigenvalue weighted by Crippen LogP contribution is 2.55. The van der Waals surface area contributed by atoms with Crippen LogP contribution in [-0.4, -0.2) is 22.8 Å². The van der Waals surface area contributed by atoms with Crippen molar-refractivity contribution in [2.75, 3.05) is 14.2 Å². The zero-order valence-corrected chi connectivity index (χ0v) is 13.5. The van der Waals surface area contributed by atoms with E-state index in [2.05, 4.69) is 48.5 Å². The Kier molecular flexibility index (Phi) is 5.70. The minimum Gasteiger partial charge on any atom is -0.397 e. The lowest BCUT2D eigenvalue weighted by Crippen LogP contribution is -2.57. The maximum atomic E-state index is 5.95. The van der Waals surface area contributed by atoms with Crippen LogP contribution < -0.4 is 0 Å². The monoisotopic (exact) mass is 246 g/mol. The summed E-state index contributed by atoms with van der Waals surface area (Å²) in [6, 6.07) is 0. The van der Waals surface area contributed by atoms with Crippen LogP contribution in [0.2, 0.25) is 10.6 Å². The van der Waals surface area contributed by atoms with Crippen molar-refractivity contribution in [2.24, 2.45) is 11.8 Å². The summed E-state index contributed by atoms with van der Waals surface area (Å²) in [4.78, 5) is 0. The molecule has 3 heteroatoms. The van der Waals surface area contributed by atoms with Gasteiger partial charge in [0, 0.05) is 19.3 Å². The summed E-state index contributed by atoms with van der Waals surface area (Å²) in [5, 5.41) is 0.130. The van der Waals surface area contributed by atoms with E-state index in [4.69, 9.17) is 8.85 Å². The van der Waals surface area contributed by atoms with Crippen LogP contribution in [0.4, 0.5) is 0 Å². The third kappa shape index (κ3) is 2.22. The molecule has 0 N–H and O–H groups in total. The molecule has 0 spiro atoms. The van der Waals surface area contributed by atoms with Gasteiger partial charge in [0.05, 0.1) is 0 Å². The minimum absolute atomic E-state index is 0.130. The molecule has 2 nitrogen and oxygen atoms in total. The highest BCUT2D eigenvalue weighted by molar-refractivity contribution is 6.72. The van der Waals surface area contributed by atoms with E-state index in [1.807, 2.05) is 14.2 Å². The Bertz CT molecular complexity index is 189. The van der Waals surface area contributed by atoms with Crippen LogP contribution in [0.3, 0.4) is 0 Å². The quantitative estimate of drug-likeness (QED) is 0.654. The highest BCUT2D eigenvalue weighted by atomic mass is 28.4. The lowest BCUT2D eigenvalue weighted by molar-refractivity contribution is 0.151. The van der Waals surface area contributed by atoms with Crippen LogP contribution in [0.5, 0.6) is 0 Å². The van der Waals surface area contributed by atoms with E-state index in [0.717, 1.165) is 0 Å². The van der Waals surface area contributed by atoms with Crippen molar-refractivity contribution >= 4 is 8.56 Å². The Labute approximate surface area is 103 Å². The first-order valence-corrected chi connectivity index (χ1v) is 8.20. The van der Waals surface area contributed by atoms with E-state index in [9.17, 15) is 0 Å². The fourth-order valence-corrected chi connectivity index (χ4v) is 7.93. The van der Waals surface area contributed by atoms with Gasteiger partial charge in [-0.3, -0.25) is 0 Å². The van der Waals surface area contributed by atoms with Gasteiger partial charge in [0.2, 0.25) is 0 Å². The van der Waals surface area contributed by atoms with Crippen LogP contribution in [0, 0.1) is 11.8 Å². The second kappa shape index (κ2) is 5.65. The Balaban J connectivity index is 5.61. The van der Waals surface area contributed by atoms with E-state index < -0.39 is 8.56 Å². The summed E-state index contributed by atoms with van der Waals surface area (Å²) in [5.41, 5.74) is 0.456. The van der Waals surface area contributed by atoms with Crippen molar-refractivity contribution in [3.05, 3.63) is 0 Å². The van der Waals surface area contributed by atoms with Crippen LogP contribution in [0.1, 0.15) is 48.5 Å². The van der Waals surface area contributed by atoms with E-state index >= 15 is 0 Å². The van der Waals surface area contributed by atoms with Gasteiger partial charge in [-0.1, -0.05) is 48.5 Å². The Morgan fingerprint density at radius 3 is 1.19 bits per heavy atom. The summed E-state index contributed by atoms with van der Waals surface area (Å²) >= 11 is 0. The molecule has 16 heavy (non-hydrogen) atoms. The smallest absolute Gasteiger partial charge is 0.346 e. The highest BCUT2D eigenvalue weighted by Gasteiger charge is 2.58. The third-order valence-electron chi connectivity index (χ3n) is 4.52. The number of hydrogen-bond acceptors (Lipinski definition) is 2. The maximum Gasteiger partial charge on any atom is 0.346 e. The van der Waals surface area contributed by atoms with Gasteiger partial charge in [-0.05, 0) is 17.4 Å². The molecule has 0 bridgehead atoms. The molecular weight excluding hydrogens is 216 g/mol. The van der Waals surface area contributed by atoms with Gasteiger partial charge in [0.1, 0.15) is 0 Å². The van der Waals surface area contributed by atoms with Gasteiger partial charge in [0.15, 0.2) is 0 Å². The normalized spacial score (nSPS) is 14.2. The van der Waals surface area contributed by atoms with Crippen LogP contribution in [0.25, 0.3) is 0 Å². The van der Waals surface area contributed by atoms with Gasteiger partial charge in [0.25, 0.3) is 0 Å². The maximum absolute atomic E-state index is 5.95. The van der Waals surface area contributed by atoms with Crippen molar-refractivity contribution < 1.29 is 8.85 Å². The molecule has 0 aliphatic carbocycles. The molecule has 0 amide bonds. The van der Waals surface area contributed by atoms with Gasteiger partial charge < -0.3 is 8.85 Å². The average Bonchev–Trinajstić information content (AvgIpc) is 2.18. The van der Waals surface area contributed by atoms with E-state index in [0.29, 0.717) is 17.4 Å². The molecule has 0 heterocycles. The Morgan fingerprint density at radius 2 is 1.12 bits per heavy atom. The molecule has 0 fully saturated rings. The minimum atomic E-state index is -2.20. The van der Waals surface area contributed by atoms with Crippen molar-refractivity contribution in [1.29, 1.82) is 0 Å². The molecule has 0 aromatic heterocycles. The topological polar surface area (TPSA) is 18.5 Å². The predicted molar refractivity (Wildman–Crippen MR) is 72.9 cm³/mol. The molecule has 0 unspecified atom stereocenters. The van der Waals surface area contributed by atoms with Gasteiger partial charge >= 0.3 is 8.56 Å². The van der Waals surface area contributed by atoms with E-state index in [1.165, 1.54) is 0 Å². The SMILES string of the molecule is CO[Si](OC)(C(C)C)C(C)(C(C)C)C(C)C. The van der Waals surface area contributed by atoms with Crippen LogP contribution >= 0.6 is 0 Å². The summed E-state index contributed by atoms with van der Waals surface area (Å²) in [7, 11) is 1.44. The summed E-state index contributed by atoms with van der Waals surface area (Å²) < 4.78 is 11.9. The molecule has 0 atom stereocenters. The Hall–Kier alpha value is 0.137. The number of hydrogen-bond donors (Lipinski definition) is 0. The molecule has 98 valence electrons. The third-order valence-corrected chi connectivity index (χ3v) is 9.91. The molecule has 0 saturated carbocycles. The van der Waals surface area contributed by atoms with E-state index in [-0.39, 0.29) is 5.04 Å². The van der Waals surface area contributed by atoms with Crippen molar-refractivity contribution in [3.63, 3.8) is 0 Å². The fraction of sp³-hybridized carbons (Fsp3) is 1.00. The van der Waals surface area contributed by atoms with Crippen LogP contribution in [0.15, 0.2) is 0 Å². The fourth-order valence-electron chi connectivity index (χ4n) is 3.09. The van der Waals surface area contributed by atoms with Gasteiger partial charge in [-0.15, -0.1) is 0 Å². The summed E-state index contributed by atoms with van der Waals surface area (Å²) in [5.74, 6) is 1.11. The molecule has 0 aliphatic heterocycles. The van der Waals surface area contributed by atoms with Gasteiger partial charge in [-0.25, -0.2) is 0 Å². The van der Waals surface area contributed by atoms with E-state index in [1.54, 1.807) is 0 Å². The molecule has 0 aromatic rings. The lowest BCUT2D eigenvalue weighted by atomic mass is 9.86. The molecular formula is C13H30O2Si. The second-order valence-corrected chi connectivity index (χ2v) is 10.2. The summed E-state index contributed by atoms with van der Waals surface area (Å²) in [6.07, 6.45) is 0. The number of rotatable bonds is 6. The standard InChI is InChI=1S/C13H30O2Si/c1-10(2)13(7,11(3)4)16(14-8,15-9)12(5)6/h10-12H,1-9H3. The first-order valence-electron chi connectivity index (χ1n) is 6.30. The molecule has 0 radical (unpaired) electrons. The average molecular weight is 246 g/mol. The lowest BCUT2D eigenvalue weighted by Gasteiger charge is -2.51. The zero-order chi connectivity index (χ0) is 13.1. The molecule has 0 rings (SSSR count). The molecule has 0 aromatic carbocycles. The Morgan fingerprint density at radius 1 is 0.812 bits per heavy atom. The molecule has 0 aliphatic rings. The van der Waals surface area contributed by atoms with Crippen LogP contribution in [-0.2, 0) is 8.85 Å². The predicted octanol–water partition coefficient (Wildman–Crippen LogP) is 4.20.